The Hall–Kier alpha value is -2.32. The molecule has 8 heteroatoms. The summed E-state index contributed by atoms with van der Waals surface area (Å²) < 4.78 is 5.59. The molecule has 1 aromatic heterocycles. The number of hydrogen-bond donors (Lipinski definition) is 2. The molecule has 1 aromatic carbocycles. The van der Waals surface area contributed by atoms with Gasteiger partial charge in [0, 0.05) is 12.2 Å². The van der Waals surface area contributed by atoms with E-state index in [4.69, 9.17) is 4.74 Å². The van der Waals surface area contributed by atoms with E-state index in [-0.39, 0.29) is 16.6 Å². The summed E-state index contributed by atoms with van der Waals surface area (Å²) in [4.78, 5) is 28.9. The Labute approximate surface area is 198 Å². The van der Waals surface area contributed by atoms with Gasteiger partial charge in [-0.25, -0.2) is 10.0 Å². The fraction of sp³-hybridized carbons (Fsp3) is 0.560. The van der Waals surface area contributed by atoms with Crippen molar-refractivity contribution in [2.24, 2.45) is 0 Å². The number of amides is 2. The number of aromatic amines is 1. The van der Waals surface area contributed by atoms with Crippen molar-refractivity contribution in [3.63, 3.8) is 0 Å². The van der Waals surface area contributed by atoms with E-state index in [1.54, 1.807) is 0 Å². The van der Waals surface area contributed by atoms with E-state index < -0.39 is 21.7 Å². The molecule has 0 saturated heterocycles. The quantitative estimate of drug-likeness (QED) is 0.628. The molecule has 2 amide bonds. The number of ether oxygens (including phenoxy) is 1. The van der Waals surface area contributed by atoms with Crippen LogP contribution in [-0.4, -0.2) is 57.0 Å². The molecule has 1 atom stereocenters. The molecule has 1 saturated carbocycles. The van der Waals surface area contributed by atoms with Crippen molar-refractivity contribution in [3.05, 3.63) is 47.2 Å². The van der Waals surface area contributed by atoms with Crippen molar-refractivity contribution in [1.82, 2.24) is 15.1 Å². The summed E-state index contributed by atoms with van der Waals surface area (Å²) in [6.07, 6.45) is 8.89. The van der Waals surface area contributed by atoms with Crippen LogP contribution >= 0.6 is 10.0 Å². The molecule has 0 spiro atoms. The van der Waals surface area contributed by atoms with Crippen LogP contribution in [0.5, 0.6) is 0 Å². The zero-order valence-corrected chi connectivity index (χ0v) is 21.3. The smallest absolute Gasteiger partial charge is 0.257 e. The second kappa shape index (κ2) is 8.47. The Bertz CT molecular complexity index is 1040. The fourth-order valence-corrected chi connectivity index (χ4v) is 7.18. The lowest BCUT2D eigenvalue weighted by Gasteiger charge is -2.53. The molecule has 7 nitrogen and oxygen atoms in total. The summed E-state index contributed by atoms with van der Waals surface area (Å²) in [5.74, 6) is 0.509. The van der Waals surface area contributed by atoms with Crippen molar-refractivity contribution in [3.8, 4) is 0 Å². The first-order valence-electron chi connectivity index (χ1n) is 11.6. The van der Waals surface area contributed by atoms with Gasteiger partial charge in [-0.05, 0) is 64.4 Å². The van der Waals surface area contributed by atoms with E-state index in [0.29, 0.717) is 19.0 Å². The number of anilines is 1. The molecule has 33 heavy (non-hydrogen) atoms. The molecule has 4 rings (SSSR count). The van der Waals surface area contributed by atoms with Crippen LogP contribution in [0.15, 0.2) is 30.3 Å². The molecule has 2 aliphatic rings. The van der Waals surface area contributed by atoms with E-state index in [0.717, 1.165) is 36.1 Å². The predicted molar refractivity (Wildman–Crippen MR) is 134 cm³/mol. The van der Waals surface area contributed by atoms with E-state index in [2.05, 4.69) is 34.3 Å². The van der Waals surface area contributed by atoms with Crippen LogP contribution in [0, 0.1) is 0 Å². The van der Waals surface area contributed by atoms with Gasteiger partial charge in [0.05, 0.1) is 22.5 Å². The second-order valence-electron chi connectivity index (χ2n) is 10.3. The van der Waals surface area contributed by atoms with Gasteiger partial charge in [0.25, 0.3) is 5.91 Å². The van der Waals surface area contributed by atoms with Gasteiger partial charge in [-0.1, -0.05) is 30.3 Å². The zero-order valence-electron chi connectivity index (χ0n) is 20.5. The number of aromatic nitrogens is 2. The van der Waals surface area contributed by atoms with Gasteiger partial charge in [-0.15, -0.1) is 0 Å². The Balaban J connectivity index is 1.59. The van der Waals surface area contributed by atoms with Crippen LogP contribution in [-0.2, 0) is 26.4 Å². The molecule has 1 fully saturated rings. The number of carbonyl (C=O) groups excluding carboxylic acids is 2. The first-order chi connectivity index (χ1) is 15.5. The molecule has 0 bridgehead atoms. The Morgan fingerprint density at radius 2 is 1.88 bits per heavy atom. The van der Waals surface area contributed by atoms with Crippen molar-refractivity contribution in [2.45, 2.75) is 63.0 Å². The minimum Gasteiger partial charge on any atom is -0.364 e. The molecule has 2 aromatic rings. The van der Waals surface area contributed by atoms with Crippen molar-refractivity contribution >= 4 is 27.7 Å². The maximum Gasteiger partial charge on any atom is 0.257 e. The molecule has 0 radical (unpaired) electrons. The van der Waals surface area contributed by atoms with E-state index >= 15 is 0 Å². The number of carbonyl (C=O) groups is 2. The first kappa shape index (κ1) is 23.8. The normalized spacial score (nSPS) is 20.0. The lowest BCUT2D eigenvalue weighted by atomic mass is 9.83. The Kier molecular flexibility index (Phi) is 6.12. The minimum absolute atomic E-state index is 0.0598. The fourth-order valence-electron chi connectivity index (χ4n) is 5.06. The topological polar surface area (TPSA) is 87.3 Å². The number of fused-ring (bicyclic) bond motifs is 1. The lowest BCUT2D eigenvalue weighted by molar-refractivity contribution is -0.149. The lowest BCUT2D eigenvalue weighted by Crippen LogP contribution is -2.51. The monoisotopic (exact) mass is 472 g/mol. The number of nitrogens with one attached hydrogen (secondary N) is 2. The highest BCUT2D eigenvalue weighted by molar-refractivity contribution is 8.33. The molecule has 1 aliphatic heterocycles. The zero-order chi connectivity index (χ0) is 24.0. The van der Waals surface area contributed by atoms with Gasteiger partial charge in [-0.3, -0.25) is 14.7 Å². The molecular weight excluding hydrogens is 436 g/mol. The predicted octanol–water partition coefficient (Wildman–Crippen LogP) is 4.32. The van der Waals surface area contributed by atoms with Crippen LogP contribution in [0.3, 0.4) is 0 Å². The van der Waals surface area contributed by atoms with Gasteiger partial charge in [0.2, 0.25) is 5.91 Å². The Morgan fingerprint density at radius 1 is 1.21 bits per heavy atom. The molecular formula is C25H36N4O3S. The number of hydrogen-bond acceptors (Lipinski definition) is 4. The van der Waals surface area contributed by atoms with Crippen molar-refractivity contribution < 1.29 is 14.3 Å². The minimum atomic E-state index is -1.07. The van der Waals surface area contributed by atoms with Crippen LogP contribution in [0.2, 0.25) is 0 Å². The first-order valence-corrected chi connectivity index (χ1v) is 14.4. The molecule has 1 unspecified atom stereocenters. The molecule has 180 valence electrons. The second-order valence-corrected chi connectivity index (χ2v) is 14.8. The Morgan fingerprint density at radius 3 is 2.42 bits per heavy atom. The summed E-state index contributed by atoms with van der Waals surface area (Å²) in [5.41, 5.74) is 1.97. The highest BCUT2D eigenvalue weighted by Crippen LogP contribution is 2.60. The number of H-pyrrole nitrogens is 1. The van der Waals surface area contributed by atoms with E-state index in [1.165, 1.54) is 0 Å². The number of nitrogens with zero attached hydrogens (tertiary/aromatic N) is 2. The van der Waals surface area contributed by atoms with Gasteiger partial charge in [-0.2, -0.15) is 5.10 Å². The average molecular weight is 473 g/mol. The SMILES string of the molecule is CCOC(C(=O)N1Cc2c(NC(=O)C3(S(C)(C)C)CCC3)n[nH]c2C1(C)C)c1ccccc1. The summed E-state index contributed by atoms with van der Waals surface area (Å²) in [6.45, 7) is 6.71. The van der Waals surface area contributed by atoms with Crippen LogP contribution in [0.1, 0.15) is 63.0 Å². The van der Waals surface area contributed by atoms with E-state index in [9.17, 15) is 9.59 Å². The largest absolute Gasteiger partial charge is 0.364 e. The van der Waals surface area contributed by atoms with Crippen LogP contribution in [0.4, 0.5) is 5.82 Å². The summed E-state index contributed by atoms with van der Waals surface area (Å²) >= 11 is 0. The van der Waals surface area contributed by atoms with Crippen LogP contribution in [0.25, 0.3) is 0 Å². The van der Waals surface area contributed by atoms with E-state index in [1.807, 2.05) is 56.0 Å². The molecule has 2 heterocycles. The van der Waals surface area contributed by atoms with Crippen molar-refractivity contribution in [2.75, 3.05) is 30.7 Å². The van der Waals surface area contributed by atoms with Gasteiger partial charge in [0.1, 0.15) is 0 Å². The van der Waals surface area contributed by atoms with Gasteiger partial charge >= 0.3 is 0 Å². The summed E-state index contributed by atoms with van der Waals surface area (Å²) in [6, 6.07) is 9.59. The molecule has 2 N–H and O–H groups in total. The van der Waals surface area contributed by atoms with Crippen LogP contribution < -0.4 is 5.32 Å². The number of benzene rings is 1. The highest BCUT2D eigenvalue weighted by Gasteiger charge is 2.51. The third-order valence-electron chi connectivity index (χ3n) is 7.38. The summed E-state index contributed by atoms with van der Waals surface area (Å²) in [5, 5.41) is 10.7. The number of rotatable bonds is 7. The third kappa shape index (κ3) is 3.87. The van der Waals surface area contributed by atoms with Gasteiger partial charge < -0.3 is 15.0 Å². The van der Waals surface area contributed by atoms with Gasteiger partial charge in [0.15, 0.2) is 11.9 Å². The standard InChI is InChI=1S/C25H36N4O3S/c1-7-32-19(17-12-9-8-10-13-17)22(30)29-16-18-20(24(29,2)3)27-28-21(18)26-23(31)25(14-11-15-25)33(4,5)6/h8-10,12-13,19H,7,11,14-16H2,1-6H3,(H2,26,27,28,31). The molecule has 1 aliphatic carbocycles. The maximum atomic E-state index is 13.7. The third-order valence-corrected chi connectivity index (χ3v) is 10.3. The summed E-state index contributed by atoms with van der Waals surface area (Å²) in [7, 11) is -1.07. The maximum absolute atomic E-state index is 13.7. The average Bonchev–Trinajstić information content (AvgIpc) is 3.22. The van der Waals surface area contributed by atoms with Crippen molar-refractivity contribution in [1.29, 1.82) is 0 Å². The highest BCUT2D eigenvalue weighted by atomic mass is 32.3.